The van der Waals surface area contributed by atoms with Crippen LogP contribution in [-0.4, -0.2) is 55.5 Å². The van der Waals surface area contributed by atoms with E-state index in [1.165, 1.54) is 11.1 Å². The molecule has 4 N–H and O–H groups in total. The van der Waals surface area contributed by atoms with Crippen LogP contribution in [0.2, 0.25) is 0 Å². The summed E-state index contributed by atoms with van der Waals surface area (Å²) in [5.74, 6) is 0.0328. The van der Waals surface area contributed by atoms with Gasteiger partial charge in [0.2, 0.25) is 0 Å². The van der Waals surface area contributed by atoms with Crippen molar-refractivity contribution in [3.05, 3.63) is 23.3 Å². The molecule has 0 unspecified atom stereocenters. The van der Waals surface area contributed by atoms with Crippen molar-refractivity contribution in [2.75, 3.05) is 0 Å². The predicted octanol–water partition coefficient (Wildman–Crippen LogP) is 5.45. The Balaban J connectivity index is 1.88. The molecule has 7 atom stereocenters. The first kappa shape index (κ1) is 28.8. The Kier molecular flexibility index (Phi) is 8.13. The summed E-state index contributed by atoms with van der Waals surface area (Å²) in [6.45, 7) is 16.1. The second-order valence-corrected chi connectivity index (χ2v) is 13.7. The number of ether oxygens (including phenoxy) is 1. The van der Waals surface area contributed by atoms with Crippen LogP contribution in [0.4, 0.5) is 0 Å². The number of aliphatic hydroxyl groups excluding tert-OH is 2. The minimum Gasteiger partial charge on any atom is -0.392 e. The largest absolute Gasteiger partial charge is 0.392 e. The normalized spacial score (nSPS) is 42.7. The van der Waals surface area contributed by atoms with Gasteiger partial charge < -0.3 is 25.2 Å². The summed E-state index contributed by atoms with van der Waals surface area (Å²) in [4.78, 5) is 0. The molecule has 1 saturated heterocycles. The highest BCUT2D eigenvalue weighted by Crippen LogP contribution is 2.56. The van der Waals surface area contributed by atoms with Gasteiger partial charge in [0.05, 0.1) is 35.1 Å². The van der Waals surface area contributed by atoms with E-state index in [2.05, 4.69) is 20.8 Å². The number of hydrogen-bond donors (Lipinski definition) is 4. The fraction of sp³-hybridized carbons (Fsp3) is 0.867. The zero-order chi connectivity index (χ0) is 26.4. The SMILES string of the molecule is CC1=C(CC[C@@H]2[C@@]3(C)CC[C@@H](O)C(C)(C)O[C@@H]3CC[C@]2(C)O)[C@](C)(C/C=C/C(C)(C)O)[C@@H](O)CC1. The van der Waals surface area contributed by atoms with Crippen molar-refractivity contribution in [3.63, 3.8) is 0 Å². The number of aliphatic hydroxyl groups is 4. The topological polar surface area (TPSA) is 90.2 Å². The molecule has 1 saturated carbocycles. The van der Waals surface area contributed by atoms with Gasteiger partial charge in [-0.05, 0) is 111 Å². The summed E-state index contributed by atoms with van der Waals surface area (Å²) in [7, 11) is 0. The minimum absolute atomic E-state index is 0.00741. The average Bonchev–Trinajstić information content (AvgIpc) is 2.80. The van der Waals surface area contributed by atoms with Gasteiger partial charge >= 0.3 is 0 Å². The monoisotopic (exact) mass is 492 g/mol. The smallest absolute Gasteiger partial charge is 0.0888 e. The third-order valence-corrected chi connectivity index (χ3v) is 9.88. The Bertz CT molecular complexity index is 819. The van der Waals surface area contributed by atoms with E-state index in [1.807, 2.05) is 32.9 Å². The molecule has 1 aliphatic heterocycles. The molecule has 0 aromatic rings. The van der Waals surface area contributed by atoms with Crippen LogP contribution in [0.5, 0.6) is 0 Å². The molecule has 0 aromatic carbocycles. The second-order valence-electron chi connectivity index (χ2n) is 13.7. The van der Waals surface area contributed by atoms with E-state index in [9.17, 15) is 20.4 Å². The van der Waals surface area contributed by atoms with Gasteiger partial charge in [0.15, 0.2) is 0 Å². The molecule has 0 radical (unpaired) electrons. The highest BCUT2D eigenvalue weighted by Gasteiger charge is 2.56. The Morgan fingerprint density at radius 3 is 2.29 bits per heavy atom. The van der Waals surface area contributed by atoms with Crippen LogP contribution in [0.3, 0.4) is 0 Å². The molecule has 202 valence electrons. The predicted molar refractivity (Wildman–Crippen MR) is 141 cm³/mol. The lowest BCUT2D eigenvalue weighted by molar-refractivity contribution is -0.205. The molecule has 5 heteroatoms. The van der Waals surface area contributed by atoms with Crippen molar-refractivity contribution in [3.8, 4) is 0 Å². The fourth-order valence-electron chi connectivity index (χ4n) is 7.42. The summed E-state index contributed by atoms with van der Waals surface area (Å²) in [6.07, 6.45) is 9.86. The molecule has 5 nitrogen and oxygen atoms in total. The van der Waals surface area contributed by atoms with E-state index in [0.717, 1.165) is 38.5 Å². The van der Waals surface area contributed by atoms with Crippen LogP contribution in [0.15, 0.2) is 23.3 Å². The Hall–Kier alpha value is -0.720. The maximum atomic E-state index is 11.6. The Morgan fingerprint density at radius 1 is 1.00 bits per heavy atom. The molecule has 3 rings (SSSR count). The van der Waals surface area contributed by atoms with Crippen LogP contribution in [-0.2, 0) is 4.74 Å². The van der Waals surface area contributed by atoms with Gasteiger partial charge in [-0.2, -0.15) is 0 Å². The van der Waals surface area contributed by atoms with E-state index < -0.39 is 29.0 Å². The molecule has 1 heterocycles. The Morgan fingerprint density at radius 2 is 1.66 bits per heavy atom. The lowest BCUT2D eigenvalue weighted by atomic mass is 9.55. The third kappa shape index (κ3) is 5.90. The van der Waals surface area contributed by atoms with Crippen LogP contribution in [0.25, 0.3) is 0 Å². The molecular weight excluding hydrogens is 440 g/mol. The first-order valence-electron chi connectivity index (χ1n) is 13.8. The number of fused-ring (bicyclic) bond motifs is 1. The molecule has 0 bridgehead atoms. The van der Waals surface area contributed by atoms with Gasteiger partial charge in [0.1, 0.15) is 0 Å². The molecule has 2 fully saturated rings. The number of rotatable bonds is 6. The van der Waals surface area contributed by atoms with E-state index in [1.54, 1.807) is 13.8 Å². The van der Waals surface area contributed by atoms with E-state index in [0.29, 0.717) is 19.3 Å². The quantitative estimate of drug-likeness (QED) is 0.370. The van der Waals surface area contributed by atoms with Crippen LogP contribution < -0.4 is 0 Å². The van der Waals surface area contributed by atoms with Gasteiger partial charge in [-0.1, -0.05) is 37.1 Å². The van der Waals surface area contributed by atoms with Crippen molar-refractivity contribution in [2.24, 2.45) is 16.7 Å². The molecular formula is C30H52O5. The van der Waals surface area contributed by atoms with Crippen LogP contribution in [0.1, 0.15) is 113 Å². The maximum absolute atomic E-state index is 11.6. The van der Waals surface area contributed by atoms with Gasteiger partial charge in [-0.15, -0.1) is 0 Å². The zero-order valence-corrected chi connectivity index (χ0v) is 23.5. The van der Waals surface area contributed by atoms with Crippen molar-refractivity contribution >= 4 is 0 Å². The maximum Gasteiger partial charge on any atom is 0.0888 e. The molecule has 3 aliphatic rings. The first-order valence-corrected chi connectivity index (χ1v) is 13.8. The lowest BCUT2D eigenvalue weighted by Crippen LogP contribution is -2.56. The van der Waals surface area contributed by atoms with Gasteiger partial charge in [-0.3, -0.25) is 0 Å². The number of allylic oxidation sites excluding steroid dienone is 2. The highest BCUT2D eigenvalue weighted by molar-refractivity contribution is 5.27. The molecule has 0 aromatic heterocycles. The van der Waals surface area contributed by atoms with Crippen LogP contribution >= 0.6 is 0 Å². The van der Waals surface area contributed by atoms with E-state index in [-0.39, 0.29) is 22.9 Å². The number of hydrogen-bond acceptors (Lipinski definition) is 5. The zero-order valence-electron chi connectivity index (χ0n) is 23.5. The van der Waals surface area contributed by atoms with E-state index in [4.69, 9.17) is 4.74 Å². The summed E-state index contributed by atoms with van der Waals surface area (Å²) in [5.41, 5.74) is -0.232. The third-order valence-electron chi connectivity index (χ3n) is 9.88. The summed E-state index contributed by atoms with van der Waals surface area (Å²) in [6, 6.07) is 0. The highest BCUT2D eigenvalue weighted by atomic mass is 16.5. The summed E-state index contributed by atoms with van der Waals surface area (Å²) in [5, 5.41) is 43.6. The van der Waals surface area contributed by atoms with Crippen molar-refractivity contribution < 1.29 is 25.2 Å². The van der Waals surface area contributed by atoms with Crippen molar-refractivity contribution in [1.82, 2.24) is 0 Å². The molecule has 35 heavy (non-hydrogen) atoms. The van der Waals surface area contributed by atoms with Gasteiger partial charge in [-0.25, -0.2) is 0 Å². The van der Waals surface area contributed by atoms with Crippen LogP contribution in [0, 0.1) is 16.7 Å². The lowest BCUT2D eigenvalue weighted by Gasteiger charge is -2.54. The van der Waals surface area contributed by atoms with Crippen molar-refractivity contribution in [2.45, 2.75) is 148 Å². The van der Waals surface area contributed by atoms with Crippen molar-refractivity contribution in [1.29, 1.82) is 0 Å². The van der Waals surface area contributed by atoms with Gasteiger partial charge in [0.25, 0.3) is 0 Å². The molecule has 0 spiro atoms. The van der Waals surface area contributed by atoms with Gasteiger partial charge in [0, 0.05) is 5.41 Å². The standard InChI is InChI=1S/C30H52O5/c1-20-10-13-24(32)28(6,17-9-16-26(2,3)33)21(20)11-12-22-29(7)18-14-23(31)27(4,5)35-25(29)15-19-30(22,8)34/h9,16,22-25,31-34H,10-15,17-19H2,1-8H3/b16-9+/t22-,23-,24+,25-,28+,29-,30+/m1/s1. The second kappa shape index (κ2) is 9.87. The summed E-state index contributed by atoms with van der Waals surface area (Å²) >= 11 is 0. The van der Waals surface area contributed by atoms with E-state index >= 15 is 0 Å². The average molecular weight is 493 g/mol. The molecule has 2 aliphatic carbocycles. The first-order chi connectivity index (χ1) is 15.9. The molecule has 0 amide bonds. The fourth-order valence-corrected chi connectivity index (χ4v) is 7.42. The Labute approximate surface area is 213 Å². The summed E-state index contributed by atoms with van der Waals surface area (Å²) < 4.78 is 6.55. The minimum atomic E-state index is -0.878.